The van der Waals surface area contributed by atoms with Crippen molar-refractivity contribution in [3.8, 4) is 0 Å². The molecule has 20 heavy (non-hydrogen) atoms. The predicted molar refractivity (Wildman–Crippen MR) is 70.6 cm³/mol. The molecule has 3 spiro atoms. The molecule has 7 aliphatic carbocycles. The molecular weight excluding hydrogens is 248 g/mol. The van der Waals surface area contributed by atoms with E-state index in [-0.39, 0.29) is 22.7 Å². The molecule has 0 N–H and O–H groups in total. The monoisotopic (exact) mass is 268 g/mol. The summed E-state index contributed by atoms with van der Waals surface area (Å²) in [6, 6.07) is 0. The van der Waals surface area contributed by atoms with Gasteiger partial charge in [0.1, 0.15) is 11.6 Å². The fourth-order valence-corrected chi connectivity index (χ4v) is 10.1. The molecule has 8 unspecified atom stereocenters. The Labute approximate surface area is 118 Å². The van der Waals surface area contributed by atoms with Gasteiger partial charge in [0.15, 0.2) is 0 Å². The molecule has 2 heteroatoms. The Morgan fingerprint density at radius 1 is 0.650 bits per heavy atom. The summed E-state index contributed by atoms with van der Waals surface area (Å²) in [6.07, 6.45) is 8.69. The van der Waals surface area contributed by atoms with Crippen LogP contribution in [0.15, 0.2) is 0 Å². The van der Waals surface area contributed by atoms with E-state index in [9.17, 15) is 9.59 Å². The van der Waals surface area contributed by atoms with E-state index in [1.54, 1.807) is 0 Å². The van der Waals surface area contributed by atoms with Gasteiger partial charge in [0, 0.05) is 22.7 Å². The van der Waals surface area contributed by atoms with Crippen LogP contribution in [0.4, 0.5) is 0 Å². The van der Waals surface area contributed by atoms with Gasteiger partial charge in [-0.05, 0) is 54.8 Å². The van der Waals surface area contributed by atoms with Crippen LogP contribution in [0.2, 0.25) is 0 Å². The first kappa shape index (κ1) is 10.1. The number of hydrogen-bond acceptors (Lipinski definition) is 2. The fourth-order valence-electron chi connectivity index (χ4n) is 10.1. The molecule has 0 saturated heterocycles. The van der Waals surface area contributed by atoms with Crippen molar-refractivity contribution in [2.75, 3.05) is 0 Å². The Kier molecular flexibility index (Phi) is 1.20. The van der Waals surface area contributed by atoms with Gasteiger partial charge in [-0.15, -0.1) is 0 Å². The van der Waals surface area contributed by atoms with E-state index in [1.807, 2.05) is 0 Å². The molecule has 8 atom stereocenters. The third kappa shape index (κ3) is 0.531. The van der Waals surface area contributed by atoms with Crippen molar-refractivity contribution in [3.05, 3.63) is 0 Å². The normalized spacial score (nSPS) is 68.6. The van der Waals surface area contributed by atoms with E-state index in [2.05, 4.69) is 0 Å². The average Bonchev–Trinajstić information content (AvgIpc) is 3.18. The highest BCUT2D eigenvalue weighted by Gasteiger charge is 3.00. The maximum absolute atomic E-state index is 13.2. The van der Waals surface area contributed by atoms with Gasteiger partial charge in [-0.2, -0.15) is 0 Å². The number of ketones is 2. The summed E-state index contributed by atoms with van der Waals surface area (Å²) in [4.78, 5) is 26.5. The molecule has 7 saturated carbocycles. The summed E-state index contributed by atoms with van der Waals surface area (Å²) in [5.41, 5.74) is 0.232. The van der Waals surface area contributed by atoms with Crippen molar-refractivity contribution in [2.45, 2.75) is 44.9 Å². The number of Topliss-reactive ketones (excluding diaryl/α,β-unsaturated/α-hetero) is 2. The Morgan fingerprint density at radius 3 is 1.65 bits per heavy atom. The number of rotatable bonds is 0. The van der Waals surface area contributed by atoms with E-state index in [4.69, 9.17) is 0 Å². The molecular formula is C18H20O2. The third-order valence-electron chi connectivity index (χ3n) is 9.74. The average molecular weight is 268 g/mol. The zero-order chi connectivity index (χ0) is 13.1. The first-order valence-corrected chi connectivity index (χ1v) is 8.80. The fraction of sp³-hybridized carbons (Fsp3) is 0.889. The molecule has 0 heterocycles. The van der Waals surface area contributed by atoms with E-state index < -0.39 is 0 Å². The lowest BCUT2D eigenvalue weighted by Crippen LogP contribution is -2.64. The van der Waals surface area contributed by atoms with E-state index >= 15 is 0 Å². The lowest BCUT2D eigenvalue weighted by molar-refractivity contribution is -0.180. The highest BCUT2D eigenvalue weighted by Crippen LogP contribution is 2.97. The lowest BCUT2D eigenvalue weighted by Gasteiger charge is -2.59. The quantitative estimate of drug-likeness (QED) is 0.677. The molecule has 7 aliphatic rings. The molecule has 0 radical (unpaired) electrons. The zero-order valence-electron chi connectivity index (χ0n) is 11.7. The van der Waals surface area contributed by atoms with Crippen molar-refractivity contribution in [2.24, 2.45) is 51.8 Å². The van der Waals surface area contributed by atoms with E-state index in [0.717, 1.165) is 19.3 Å². The van der Waals surface area contributed by atoms with Crippen molar-refractivity contribution >= 4 is 11.6 Å². The molecule has 104 valence electrons. The molecule has 2 nitrogen and oxygen atoms in total. The minimum absolute atomic E-state index is 0.110. The summed E-state index contributed by atoms with van der Waals surface area (Å²) in [5, 5.41) is 0. The molecule has 0 aromatic rings. The van der Waals surface area contributed by atoms with E-state index in [1.165, 1.54) is 25.7 Å². The van der Waals surface area contributed by atoms with Gasteiger partial charge in [-0.1, -0.05) is 19.3 Å². The van der Waals surface area contributed by atoms with Crippen molar-refractivity contribution in [1.82, 2.24) is 0 Å². The molecule has 0 amide bonds. The van der Waals surface area contributed by atoms with E-state index in [0.29, 0.717) is 40.7 Å². The van der Waals surface area contributed by atoms with Gasteiger partial charge in [0.05, 0.1) is 0 Å². The maximum atomic E-state index is 13.2. The SMILES string of the molecule is O=C1C2C3C(=O)C45CCCC14C1C2C2(CCCC2)C3C15. The maximum Gasteiger partial charge on any atom is 0.144 e. The Morgan fingerprint density at radius 2 is 1.15 bits per heavy atom. The summed E-state index contributed by atoms with van der Waals surface area (Å²) in [5.74, 6) is 4.20. The minimum atomic E-state index is -0.110. The Bertz CT molecular complexity index is 581. The molecule has 0 aromatic heterocycles. The van der Waals surface area contributed by atoms with Crippen LogP contribution in [0.1, 0.15) is 44.9 Å². The molecule has 7 fully saturated rings. The first-order chi connectivity index (χ1) is 9.72. The molecule has 0 aliphatic heterocycles. The minimum Gasteiger partial charge on any atom is -0.299 e. The van der Waals surface area contributed by atoms with Crippen molar-refractivity contribution in [1.29, 1.82) is 0 Å². The van der Waals surface area contributed by atoms with Crippen molar-refractivity contribution in [3.63, 3.8) is 0 Å². The van der Waals surface area contributed by atoms with Gasteiger partial charge in [0.25, 0.3) is 0 Å². The Hall–Kier alpha value is -0.660. The molecule has 7 rings (SSSR count). The summed E-state index contributed by atoms with van der Waals surface area (Å²) in [7, 11) is 0. The van der Waals surface area contributed by atoms with Crippen LogP contribution in [0.3, 0.4) is 0 Å². The van der Waals surface area contributed by atoms with Gasteiger partial charge < -0.3 is 0 Å². The van der Waals surface area contributed by atoms with Crippen LogP contribution in [0.25, 0.3) is 0 Å². The van der Waals surface area contributed by atoms with Gasteiger partial charge in [-0.3, -0.25) is 9.59 Å². The second-order valence-corrected chi connectivity index (χ2v) is 9.12. The standard InChI is InChI=1S/C18H20O2/c19-14-8-9-11-13-12(10(8)16(11)4-1-2-5-16)17(14)6-3-7-18(13,17)15(9)20/h8-13H,1-7H2. The second-order valence-electron chi connectivity index (χ2n) is 9.12. The lowest BCUT2D eigenvalue weighted by atomic mass is 9.41. The summed E-state index contributed by atoms with van der Waals surface area (Å²) in [6.45, 7) is 0. The number of hydrogen-bond donors (Lipinski definition) is 0. The summed E-state index contributed by atoms with van der Waals surface area (Å²) < 4.78 is 0. The Balaban J connectivity index is 1.61. The van der Waals surface area contributed by atoms with Crippen LogP contribution >= 0.6 is 0 Å². The largest absolute Gasteiger partial charge is 0.299 e. The van der Waals surface area contributed by atoms with Crippen LogP contribution in [-0.2, 0) is 9.59 Å². The highest BCUT2D eigenvalue weighted by molar-refractivity contribution is 6.12. The topological polar surface area (TPSA) is 34.1 Å². The highest BCUT2D eigenvalue weighted by atomic mass is 16.2. The van der Waals surface area contributed by atoms with Crippen molar-refractivity contribution < 1.29 is 9.59 Å². The van der Waals surface area contributed by atoms with Crippen LogP contribution < -0.4 is 0 Å². The van der Waals surface area contributed by atoms with Gasteiger partial charge in [-0.25, -0.2) is 0 Å². The van der Waals surface area contributed by atoms with Crippen LogP contribution in [0, 0.1) is 51.8 Å². The zero-order valence-corrected chi connectivity index (χ0v) is 11.7. The summed E-state index contributed by atoms with van der Waals surface area (Å²) >= 11 is 0. The predicted octanol–water partition coefficient (Wildman–Crippen LogP) is 2.61. The number of carbonyl (C=O) groups is 2. The van der Waals surface area contributed by atoms with Gasteiger partial charge in [0.2, 0.25) is 0 Å². The second kappa shape index (κ2) is 2.36. The van der Waals surface area contributed by atoms with Crippen LogP contribution in [-0.4, -0.2) is 11.6 Å². The third-order valence-corrected chi connectivity index (χ3v) is 9.74. The molecule has 0 aromatic carbocycles. The number of carbonyl (C=O) groups excluding carboxylic acids is 2. The van der Waals surface area contributed by atoms with Gasteiger partial charge >= 0.3 is 0 Å². The van der Waals surface area contributed by atoms with Crippen LogP contribution in [0.5, 0.6) is 0 Å². The first-order valence-electron chi connectivity index (χ1n) is 8.80. The smallest absolute Gasteiger partial charge is 0.144 e. The molecule has 2 bridgehead atoms. The number of fused-ring (bicyclic) bond motifs is 1.